The first-order chi connectivity index (χ1) is 7.59. The average molecular weight is 220 g/mol. The molecule has 1 aliphatic rings. The molecular formula is C12H12O4. The Hall–Kier alpha value is -1.84. The summed E-state index contributed by atoms with van der Waals surface area (Å²) in [5.41, 5.74) is 2.02. The summed E-state index contributed by atoms with van der Waals surface area (Å²) >= 11 is 0. The fourth-order valence-electron chi connectivity index (χ4n) is 2.06. The van der Waals surface area contributed by atoms with Crippen LogP contribution in [0.1, 0.15) is 34.8 Å². The van der Waals surface area contributed by atoms with Crippen molar-refractivity contribution in [3.05, 3.63) is 28.8 Å². The van der Waals surface area contributed by atoms with Gasteiger partial charge in [0, 0.05) is 6.92 Å². The molecule has 1 N–H and O–H groups in total. The molecule has 0 fully saturated rings. The van der Waals surface area contributed by atoms with Crippen molar-refractivity contribution in [1.29, 1.82) is 0 Å². The topological polar surface area (TPSA) is 63.6 Å². The molecule has 16 heavy (non-hydrogen) atoms. The molecule has 0 bridgehead atoms. The number of fused-ring (bicyclic) bond motifs is 1. The van der Waals surface area contributed by atoms with Gasteiger partial charge in [-0.25, -0.2) is 4.79 Å². The molecule has 0 unspecified atom stereocenters. The van der Waals surface area contributed by atoms with Crippen LogP contribution in [0.15, 0.2) is 12.1 Å². The second kappa shape index (κ2) is 3.96. The number of carboxylic acids is 1. The summed E-state index contributed by atoms with van der Waals surface area (Å²) < 4.78 is 5.03. The predicted molar refractivity (Wildman–Crippen MR) is 56.7 cm³/mol. The van der Waals surface area contributed by atoms with Crippen LogP contribution in [0.3, 0.4) is 0 Å². The zero-order chi connectivity index (χ0) is 11.7. The molecule has 1 aromatic rings. The van der Waals surface area contributed by atoms with E-state index in [1.54, 1.807) is 6.07 Å². The lowest BCUT2D eigenvalue weighted by Gasteiger charge is -2.10. The van der Waals surface area contributed by atoms with Crippen molar-refractivity contribution in [2.75, 3.05) is 0 Å². The Bertz CT molecular complexity index is 462. The predicted octanol–water partition coefficient (Wildman–Crippen LogP) is 1.80. The van der Waals surface area contributed by atoms with Crippen molar-refractivity contribution in [3.8, 4) is 5.75 Å². The molecule has 0 aromatic heterocycles. The number of carbonyl (C=O) groups excluding carboxylic acids is 1. The SMILES string of the molecule is CC(=O)Oc1c(C(=O)O)ccc2c1CCC2. The lowest BCUT2D eigenvalue weighted by Crippen LogP contribution is -2.09. The van der Waals surface area contributed by atoms with Crippen LogP contribution in [-0.4, -0.2) is 17.0 Å². The molecule has 1 aromatic carbocycles. The maximum absolute atomic E-state index is 11.0. The number of esters is 1. The van der Waals surface area contributed by atoms with Crippen LogP contribution >= 0.6 is 0 Å². The van der Waals surface area contributed by atoms with Gasteiger partial charge in [-0.15, -0.1) is 0 Å². The summed E-state index contributed by atoms with van der Waals surface area (Å²) in [5.74, 6) is -1.32. The van der Waals surface area contributed by atoms with Crippen LogP contribution in [0.4, 0.5) is 0 Å². The standard InChI is InChI=1S/C12H12O4/c1-7(13)16-11-9-4-2-3-8(9)5-6-10(11)12(14)15/h5-6H,2-4H2,1H3,(H,14,15). The van der Waals surface area contributed by atoms with Crippen LogP contribution in [0.2, 0.25) is 0 Å². The van der Waals surface area contributed by atoms with Crippen molar-refractivity contribution in [3.63, 3.8) is 0 Å². The number of benzene rings is 1. The molecule has 0 spiro atoms. The van der Waals surface area contributed by atoms with Gasteiger partial charge in [-0.1, -0.05) is 6.07 Å². The highest BCUT2D eigenvalue weighted by Crippen LogP contribution is 2.34. The molecule has 4 nitrogen and oxygen atoms in total. The summed E-state index contributed by atoms with van der Waals surface area (Å²) in [7, 11) is 0. The second-order valence-corrected chi connectivity index (χ2v) is 3.83. The lowest BCUT2D eigenvalue weighted by atomic mass is 10.0. The van der Waals surface area contributed by atoms with Crippen LogP contribution < -0.4 is 4.74 Å². The molecule has 1 aliphatic carbocycles. The Kier molecular flexibility index (Phi) is 2.64. The van der Waals surface area contributed by atoms with Gasteiger partial charge in [-0.2, -0.15) is 0 Å². The highest BCUT2D eigenvalue weighted by atomic mass is 16.5. The highest BCUT2D eigenvalue weighted by molar-refractivity contribution is 5.93. The minimum absolute atomic E-state index is 0.0656. The fraction of sp³-hybridized carbons (Fsp3) is 0.333. The van der Waals surface area contributed by atoms with E-state index in [9.17, 15) is 9.59 Å². The molecule has 0 radical (unpaired) electrons. The van der Waals surface area contributed by atoms with Gasteiger partial charge in [0.05, 0.1) is 0 Å². The second-order valence-electron chi connectivity index (χ2n) is 3.83. The number of rotatable bonds is 2. The highest BCUT2D eigenvalue weighted by Gasteiger charge is 2.23. The van der Waals surface area contributed by atoms with Gasteiger partial charge >= 0.3 is 11.9 Å². The van der Waals surface area contributed by atoms with Gasteiger partial charge in [0.1, 0.15) is 11.3 Å². The van der Waals surface area contributed by atoms with Crippen molar-refractivity contribution < 1.29 is 19.4 Å². The summed E-state index contributed by atoms with van der Waals surface area (Å²) in [6.07, 6.45) is 2.68. The van der Waals surface area contributed by atoms with E-state index in [4.69, 9.17) is 9.84 Å². The molecule has 0 aliphatic heterocycles. The zero-order valence-electron chi connectivity index (χ0n) is 8.95. The van der Waals surface area contributed by atoms with Gasteiger partial charge in [-0.3, -0.25) is 4.79 Å². The Morgan fingerprint density at radius 3 is 2.69 bits per heavy atom. The molecule has 2 rings (SSSR count). The van der Waals surface area contributed by atoms with Gasteiger partial charge in [-0.05, 0) is 36.5 Å². The largest absolute Gasteiger partial charge is 0.478 e. The Labute approximate surface area is 92.8 Å². The fourth-order valence-corrected chi connectivity index (χ4v) is 2.06. The van der Waals surface area contributed by atoms with Gasteiger partial charge < -0.3 is 9.84 Å². The van der Waals surface area contributed by atoms with E-state index in [-0.39, 0.29) is 11.3 Å². The molecule has 0 amide bonds. The number of aryl methyl sites for hydroxylation is 1. The molecule has 0 saturated carbocycles. The first kappa shape index (κ1) is 10.7. The maximum Gasteiger partial charge on any atom is 0.339 e. The van der Waals surface area contributed by atoms with Gasteiger partial charge in [0.15, 0.2) is 0 Å². The monoisotopic (exact) mass is 220 g/mol. The van der Waals surface area contributed by atoms with Crippen LogP contribution in [-0.2, 0) is 17.6 Å². The number of carbonyl (C=O) groups is 2. The van der Waals surface area contributed by atoms with Crippen LogP contribution in [0.5, 0.6) is 5.75 Å². The molecule has 0 atom stereocenters. The van der Waals surface area contributed by atoms with E-state index in [0.717, 1.165) is 30.4 Å². The van der Waals surface area contributed by atoms with E-state index >= 15 is 0 Å². The van der Waals surface area contributed by atoms with Crippen LogP contribution in [0, 0.1) is 0 Å². The molecule has 84 valence electrons. The summed E-state index contributed by atoms with van der Waals surface area (Å²) in [6.45, 7) is 1.28. The van der Waals surface area contributed by atoms with Gasteiger partial charge in [0.2, 0.25) is 0 Å². The third-order valence-corrected chi connectivity index (χ3v) is 2.71. The molecular weight excluding hydrogens is 208 g/mol. The quantitative estimate of drug-likeness (QED) is 0.609. The van der Waals surface area contributed by atoms with Crippen molar-refractivity contribution >= 4 is 11.9 Å². The normalized spacial score (nSPS) is 13.3. The minimum atomic E-state index is -1.06. The minimum Gasteiger partial charge on any atom is -0.478 e. The Balaban J connectivity index is 2.55. The van der Waals surface area contributed by atoms with E-state index in [0.29, 0.717) is 0 Å². The van der Waals surface area contributed by atoms with Crippen molar-refractivity contribution in [1.82, 2.24) is 0 Å². The lowest BCUT2D eigenvalue weighted by molar-refractivity contribution is -0.131. The van der Waals surface area contributed by atoms with E-state index in [2.05, 4.69) is 0 Å². The summed E-state index contributed by atoms with van der Waals surface area (Å²) in [5, 5.41) is 9.02. The van der Waals surface area contributed by atoms with Crippen molar-refractivity contribution in [2.45, 2.75) is 26.2 Å². The molecule has 0 heterocycles. The third kappa shape index (κ3) is 1.78. The number of aromatic carboxylic acids is 1. The summed E-state index contributed by atoms with van der Waals surface area (Å²) in [4.78, 5) is 22.0. The average Bonchev–Trinajstić information content (AvgIpc) is 2.64. The van der Waals surface area contributed by atoms with E-state index < -0.39 is 11.9 Å². The molecule has 4 heteroatoms. The maximum atomic E-state index is 11.0. The number of carboxylic acid groups (broad SMARTS) is 1. The van der Waals surface area contributed by atoms with Crippen molar-refractivity contribution in [2.24, 2.45) is 0 Å². The zero-order valence-corrected chi connectivity index (χ0v) is 8.95. The van der Waals surface area contributed by atoms with Gasteiger partial charge in [0.25, 0.3) is 0 Å². The number of ether oxygens (including phenoxy) is 1. The van der Waals surface area contributed by atoms with E-state index in [1.165, 1.54) is 13.0 Å². The smallest absolute Gasteiger partial charge is 0.339 e. The summed E-state index contributed by atoms with van der Waals surface area (Å²) in [6, 6.07) is 3.31. The van der Waals surface area contributed by atoms with E-state index in [1.807, 2.05) is 0 Å². The third-order valence-electron chi connectivity index (χ3n) is 2.71. The number of hydrogen-bond acceptors (Lipinski definition) is 3. The number of hydrogen-bond donors (Lipinski definition) is 1. The first-order valence-electron chi connectivity index (χ1n) is 5.16. The Morgan fingerprint density at radius 2 is 2.06 bits per heavy atom. The first-order valence-corrected chi connectivity index (χ1v) is 5.16. The Morgan fingerprint density at radius 1 is 1.31 bits per heavy atom. The molecule has 0 saturated heterocycles. The van der Waals surface area contributed by atoms with Crippen LogP contribution in [0.25, 0.3) is 0 Å².